The van der Waals surface area contributed by atoms with Crippen LogP contribution in [-0.2, 0) is 23.8 Å². The number of hydrogen-bond donors (Lipinski definition) is 6. The van der Waals surface area contributed by atoms with Gasteiger partial charge in [-0.3, -0.25) is 9.59 Å². The van der Waals surface area contributed by atoms with Crippen molar-refractivity contribution in [2.75, 3.05) is 19.8 Å². The molecule has 1 fully saturated rings. The number of hydrogen-bond acceptors (Lipinski definition) is 10. The Labute approximate surface area is 497 Å². The Balaban J connectivity index is 1.94. The summed E-state index contributed by atoms with van der Waals surface area (Å²) in [5.74, 6) is -0.189. The van der Waals surface area contributed by atoms with Gasteiger partial charge in [0.1, 0.15) is 24.4 Å². The van der Waals surface area contributed by atoms with Crippen molar-refractivity contribution in [1.29, 1.82) is 0 Å². The maximum atomic E-state index is 13.0. The van der Waals surface area contributed by atoms with E-state index in [1.54, 1.807) is 6.08 Å². The van der Waals surface area contributed by atoms with Gasteiger partial charge in [-0.05, 0) is 89.9 Å². The second-order valence-electron chi connectivity index (χ2n) is 23.9. The van der Waals surface area contributed by atoms with Crippen LogP contribution in [0, 0.1) is 0 Å². The van der Waals surface area contributed by atoms with Crippen molar-refractivity contribution in [2.24, 2.45) is 0 Å². The summed E-state index contributed by atoms with van der Waals surface area (Å²) in [6.07, 6.45) is 66.8. The van der Waals surface area contributed by atoms with E-state index in [0.717, 1.165) is 64.2 Å². The fourth-order valence-electron chi connectivity index (χ4n) is 10.7. The maximum Gasteiger partial charge on any atom is 0.305 e. The Morgan fingerprint density at radius 3 is 1.26 bits per heavy atom. The van der Waals surface area contributed by atoms with Crippen molar-refractivity contribution in [3.63, 3.8) is 0 Å². The SMILES string of the molecule is CCCCCCCC/C=C\CCCCCCCC(=O)OCCCCCCCCCCC/C=C\C/C=C\CCCCCCCCCCCCCCCC(=O)NC(COC1OC(CO)C(O)C(O)C1O)C(O)/C=C/CCCCCCCCC. The predicted octanol–water partition coefficient (Wildman–Crippen LogP) is 17.2. The summed E-state index contributed by atoms with van der Waals surface area (Å²) in [6, 6.07) is -0.810. The molecule has 7 unspecified atom stereocenters. The molecule has 0 aromatic rings. The van der Waals surface area contributed by atoms with Gasteiger partial charge in [0.2, 0.25) is 5.91 Å². The van der Waals surface area contributed by atoms with E-state index in [1.165, 1.54) is 231 Å². The Morgan fingerprint density at radius 2 is 0.827 bits per heavy atom. The van der Waals surface area contributed by atoms with E-state index in [0.29, 0.717) is 19.4 Å². The van der Waals surface area contributed by atoms with Crippen molar-refractivity contribution >= 4 is 11.9 Å². The molecule has 7 atom stereocenters. The van der Waals surface area contributed by atoms with Crippen LogP contribution in [0.15, 0.2) is 48.6 Å². The van der Waals surface area contributed by atoms with Gasteiger partial charge in [-0.25, -0.2) is 0 Å². The minimum Gasteiger partial charge on any atom is -0.466 e. The van der Waals surface area contributed by atoms with Crippen molar-refractivity contribution < 1.29 is 49.3 Å². The van der Waals surface area contributed by atoms with E-state index in [2.05, 4.69) is 55.6 Å². The molecule has 0 saturated carbocycles. The summed E-state index contributed by atoms with van der Waals surface area (Å²) in [5, 5.41) is 54.3. The number of rotatable bonds is 60. The van der Waals surface area contributed by atoms with Crippen LogP contribution in [0.2, 0.25) is 0 Å². The van der Waals surface area contributed by atoms with Crippen LogP contribution < -0.4 is 5.32 Å². The van der Waals surface area contributed by atoms with Crippen LogP contribution in [0.3, 0.4) is 0 Å². The highest BCUT2D eigenvalue weighted by Gasteiger charge is 2.44. The number of esters is 1. The van der Waals surface area contributed by atoms with Crippen molar-refractivity contribution in [3.8, 4) is 0 Å². The molecule has 0 aliphatic carbocycles. The highest BCUT2D eigenvalue weighted by atomic mass is 16.7. The molecule has 1 heterocycles. The summed E-state index contributed by atoms with van der Waals surface area (Å²) in [6.45, 7) is 4.32. The van der Waals surface area contributed by atoms with Crippen LogP contribution in [0.1, 0.15) is 322 Å². The lowest BCUT2D eigenvalue weighted by atomic mass is 9.99. The number of carbonyl (C=O) groups excluding carboxylic acids is 2. The van der Waals surface area contributed by atoms with Crippen molar-refractivity contribution in [2.45, 2.75) is 365 Å². The Kier molecular flexibility index (Phi) is 56.2. The van der Waals surface area contributed by atoms with E-state index in [9.17, 15) is 35.1 Å². The molecule has 1 saturated heterocycles. The third kappa shape index (κ3) is 48.5. The average Bonchev–Trinajstić information content (AvgIpc) is 3.47. The molecule has 0 spiro atoms. The molecule has 81 heavy (non-hydrogen) atoms. The van der Waals surface area contributed by atoms with Gasteiger partial charge >= 0.3 is 5.97 Å². The van der Waals surface area contributed by atoms with E-state index in [-0.39, 0.29) is 18.5 Å². The van der Waals surface area contributed by atoms with Crippen LogP contribution in [-0.4, -0.2) is 100 Å². The lowest BCUT2D eigenvalue weighted by Crippen LogP contribution is -2.60. The van der Waals surface area contributed by atoms with Crippen molar-refractivity contribution in [1.82, 2.24) is 5.32 Å². The molecule has 474 valence electrons. The number of allylic oxidation sites excluding steroid dienone is 7. The van der Waals surface area contributed by atoms with Gasteiger partial charge in [0, 0.05) is 12.8 Å². The number of amides is 1. The quantitative estimate of drug-likeness (QED) is 0.0195. The first-order chi connectivity index (χ1) is 39.7. The molecule has 0 bridgehead atoms. The largest absolute Gasteiger partial charge is 0.466 e. The number of aliphatic hydroxyl groups excluding tert-OH is 5. The average molecular weight is 1140 g/mol. The van der Waals surface area contributed by atoms with Gasteiger partial charge in [0.15, 0.2) is 6.29 Å². The molecule has 1 aliphatic heterocycles. The summed E-state index contributed by atoms with van der Waals surface area (Å²) in [4.78, 5) is 25.1. The number of aliphatic hydroxyl groups is 5. The number of unbranched alkanes of at least 4 members (excludes halogenated alkanes) is 40. The third-order valence-electron chi connectivity index (χ3n) is 16.2. The second kappa shape index (κ2) is 59.4. The zero-order valence-corrected chi connectivity index (χ0v) is 52.5. The number of nitrogens with one attached hydrogen (secondary N) is 1. The number of ether oxygens (including phenoxy) is 3. The Hall–Kier alpha value is -2.38. The smallest absolute Gasteiger partial charge is 0.305 e. The molecule has 1 rings (SSSR count). The van der Waals surface area contributed by atoms with Crippen LogP contribution >= 0.6 is 0 Å². The first-order valence-electron chi connectivity index (χ1n) is 34.4. The van der Waals surface area contributed by atoms with Crippen LogP contribution in [0.25, 0.3) is 0 Å². The Bertz CT molecular complexity index is 1480. The third-order valence-corrected chi connectivity index (χ3v) is 16.2. The maximum absolute atomic E-state index is 13.0. The Morgan fingerprint density at radius 1 is 0.457 bits per heavy atom. The summed E-state index contributed by atoms with van der Waals surface area (Å²) >= 11 is 0. The van der Waals surface area contributed by atoms with Gasteiger partial charge in [-0.15, -0.1) is 0 Å². The fourth-order valence-corrected chi connectivity index (χ4v) is 10.7. The second-order valence-corrected chi connectivity index (χ2v) is 23.9. The standard InChI is InChI=1S/C70H129NO10/c1-3-5-7-9-11-13-14-15-31-35-38-42-46-50-54-58-66(75)79-59-55-51-47-43-39-36-33-30-28-26-24-22-20-18-16-17-19-21-23-25-27-29-32-34-37-41-45-49-53-57-65(74)71-62(63(73)56-52-48-44-40-12-10-8-6-4-2)61-80-70-69(78)68(77)67(76)64(60-72)81-70/h15-16,18,22,24,31,52,56,62-64,67-70,72-73,76-78H,3-14,17,19-21,23,25-30,32-51,53-55,57-61H2,1-2H3,(H,71,74)/b18-16-,24-22-,31-15-,56-52+. The minimum absolute atomic E-state index is 0.00476. The molecule has 6 N–H and O–H groups in total. The zero-order chi connectivity index (χ0) is 58.7. The van der Waals surface area contributed by atoms with Crippen LogP contribution in [0.5, 0.6) is 0 Å². The lowest BCUT2D eigenvalue weighted by molar-refractivity contribution is -0.302. The normalized spacial score (nSPS) is 18.5. The summed E-state index contributed by atoms with van der Waals surface area (Å²) in [5.41, 5.74) is 0. The van der Waals surface area contributed by atoms with E-state index >= 15 is 0 Å². The molecule has 1 amide bonds. The van der Waals surface area contributed by atoms with Crippen LogP contribution in [0.4, 0.5) is 0 Å². The molecule has 1 aliphatic rings. The highest BCUT2D eigenvalue weighted by Crippen LogP contribution is 2.23. The van der Waals surface area contributed by atoms with Gasteiger partial charge in [0.25, 0.3) is 0 Å². The van der Waals surface area contributed by atoms with E-state index in [1.807, 2.05) is 6.08 Å². The highest BCUT2D eigenvalue weighted by molar-refractivity contribution is 5.76. The minimum atomic E-state index is -1.57. The first kappa shape index (κ1) is 76.6. The molecule has 0 radical (unpaired) electrons. The van der Waals surface area contributed by atoms with Crippen molar-refractivity contribution in [3.05, 3.63) is 48.6 Å². The first-order valence-corrected chi connectivity index (χ1v) is 34.4. The molecular formula is C70H129NO10. The lowest BCUT2D eigenvalue weighted by Gasteiger charge is -2.40. The molecule has 11 nitrogen and oxygen atoms in total. The zero-order valence-electron chi connectivity index (χ0n) is 52.5. The van der Waals surface area contributed by atoms with E-state index < -0.39 is 49.5 Å². The number of carbonyl (C=O) groups is 2. The van der Waals surface area contributed by atoms with Gasteiger partial charge in [-0.1, -0.05) is 268 Å². The molecule has 0 aromatic carbocycles. The summed E-state index contributed by atoms with van der Waals surface area (Å²) in [7, 11) is 0. The van der Waals surface area contributed by atoms with E-state index in [4.69, 9.17) is 14.2 Å². The molecule has 11 heteroatoms. The summed E-state index contributed by atoms with van der Waals surface area (Å²) < 4.78 is 16.7. The fraction of sp³-hybridized carbons (Fsp3) is 0.857. The van der Waals surface area contributed by atoms with Gasteiger partial charge in [-0.2, -0.15) is 0 Å². The monoisotopic (exact) mass is 1140 g/mol. The topological polar surface area (TPSA) is 175 Å². The molecular weight excluding hydrogens is 1010 g/mol. The van der Waals surface area contributed by atoms with Gasteiger partial charge < -0.3 is 45.1 Å². The predicted molar refractivity (Wildman–Crippen MR) is 338 cm³/mol. The molecule has 0 aromatic heterocycles. The van der Waals surface area contributed by atoms with Gasteiger partial charge in [0.05, 0.1) is 32.0 Å².